The van der Waals surface area contributed by atoms with Gasteiger partial charge in [0.1, 0.15) is 5.15 Å². The first kappa shape index (κ1) is 14.6. The van der Waals surface area contributed by atoms with Gasteiger partial charge in [0.2, 0.25) is 0 Å². The molecule has 0 saturated carbocycles. The number of hydrogen-bond donors (Lipinski definition) is 0. The van der Waals surface area contributed by atoms with Crippen LogP contribution in [-0.4, -0.2) is 41.6 Å². The summed E-state index contributed by atoms with van der Waals surface area (Å²) in [5, 5.41) is 0.501. The van der Waals surface area contributed by atoms with Crippen molar-refractivity contribution in [3.8, 4) is 0 Å². The Labute approximate surface area is 122 Å². The Hall–Kier alpha value is -0.840. The first-order valence-corrected chi connectivity index (χ1v) is 7.09. The van der Waals surface area contributed by atoms with E-state index in [1.165, 1.54) is 6.20 Å². The second kappa shape index (κ2) is 6.55. The van der Waals surface area contributed by atoms with E-state index in [9.17, 15) is 4.79 Å². The fourth-order valence-corrected chi connectivity index (χ4v) is 2.38. The van der Waals surface area contributed by atoms with Crippen LogP contribution in [0.2, 0.25) is 10.2 Å². The number of rotatable bonds is 4. The predicted octanol–water partition coefficient (Wildman–Crippen LogP) is 3.03. The molecule has 1 amide bonds. The Morgan fingerprint density at radius 3 is 2.95 bits per heavy atom. The third-order valence-electron chi connectivity index (χ3n) is 3.16. The minimum atomic E-state index is -0.0935. The van der Waals surface area contributed by atoms with Crippen molar-refractivity contribution in [1.29, 1.82) is 0 Å². The molecule has 0 aromatic carbocycles. The molecule has 0 spiro atoms. The lowest BCUT2D eigenvalue weighted by Gasteiger charge is -2.24. The van der Waals surface area contributed by atoms with Gasteiger partial charge in [-0.25, -0.2) is 4.98 Å². The van der Waals surface area contributed by atoms with Gasteiger partial charge in [0, 0.05) is 25.9 Å². The zero-order valence-electron chi connectivity index (χ0n) is 10.7. The smallest absolute Gasteiger partial charge is 0.255 e. The molecule has 1 saturated heterocycles. The summed E-state index contributed by atoms with van der Waals surface area (Å²) in [6, 6.07) is 1.55. The number of ether oxygens (including phenoxy) is 1. The summed E-state index contributed by atoms with van der Waals surface area (Å²) >= 11 is 11.6. The van der Waals surface area contributed by atoms with Crippen LogP contribution >= 0.6 is 23.2 Å². The predicted molar refractivity (Wildman–Crippen MR) is 74.8 cm³/mol. The molecule has 1 aromatic heterocycles. The maximum atomic E-state index is 12.4. The van der Waals surface area contributed by atoms with E-state index in [4.69, 9.17) is 27.9 Å². The first-order valence-electron chi connectivity index (χ1n) is 6.33. The van der Waals surface area contributed by atoms with E-state index in [1.807, 2.05) is 6.92 Å². The zero-order chi connectivity index (χ0) is 13.8. The van der Waals surface area contributed by atoms with Crippen LogP contribution in [0.4, 0.5) is 0 Å². The minimum absolute atomic E-state index is 0.0935. The molecular formula is C13H16Cl2N2O2. The molecule has 1 unspecified atom stereocenters. The highest BCUT2D eigenvalue weighted by atomic mass is 35.5. The van der Waals surface area contributed by atoms with Crippen molar-refractivity contribution in [1.82, 2.24) is 9.88 Å². The molecule has 0 N–H and O–H groups in total. The quantitative estimate of drug-likeness (QED) is 0.803. The van der Waals surface area contributed by atoms with Gasteiger partial charge in [0.15, 0.2) is 0 Å². The van der Waals surface area contributed by atoms with Crippen LogP contribution in [0.25, 0.3) is 0 Å². The molecular weight excluding hydrogens is 287 g/mol. The third kappa shape index (κ3) is 3.59. The number of carbonyl (C=O) groups excluding carboxylic acids is 1. The molecule has 0 aliphatic carbocycles. The van der Waals surface area contributed by atoms with Crippen LogP contribution in [0.15, 0.2) is 12.3 Å². The van der Waals surface area contributed by atoms with Crippen molar-refractivity contribution in [3.05, 3.63) is 28.0 Å². The molecule has 0 bridgehead atoms. The van der Waals surface area contributed by atoms with Gasteiger partial charge in [-0.15, -0.1) is 0 Å². The van der Waals surface area contributed by atoms with Gasteiger partial charge in [-0.2, -0.15) is 0 Å². The molecule has 2 heterocycles. The lowest BCUT2D eigenvalue weighted by molar-refractivity contribution is 0.0539. The maximum absolute atomic E-state index is 12.4. The highest BCUT2D eigenvalue weighted by molar-refractivity contribution is 6.41. The van der Waals surface area contributed by atoms with Crippen molar-refractivity contribution in [2.45, 2.75) is 25.9 Å². The normalized spacial score (nSPS) is 18.6. The van der Waals surface area contributed by atoms with Crippen LogP contribution in [0, 0.1) is 0 Å². The monoisotopic (exact) mass is 302 g/mol. The van der Waals surface area contributed by atoms with E-state index in [0.29, 0.717) is 23.7 Å². The highest BCUT2D eigenvalue weighted by Gasteiger charge is 2.22. The van der Waals surface area contributed by atoms with Gasteiger partial charge in [0.25, 0.3) is 5.91 Å². The third-order valence-corrected chi connectivity index (χ3v) is 3.85. The van der Waals surface area contributed by atoms with E-state index < -0.39 is 0 Å². The fourth-order valence-electron chi connectivity index (χ4n) is 2.11. The first-order chi connectivity index (χ1) is 9.11. The zero-order valence-corrected chi connectivity index (χ0v) is 12.2. The summed E-state index contributed by atoms with van der Waals surface area (Å²) in [6.07, 6.45) is 3.66. The number of pyridine rings is 1. The number of likely N-dealkylation sites (N-methyl/N-ethyl adjacent to an activating group) is 1. The molecule has 19 heavy (non-hydrogen) atoms. The number of aromatic nitrogens is 1. The van der Waals surface area contributed by atoms with Crippen molar-refractivity contribution in [2.24, 2.45) is 0 Å². The van der Waals surface area contributed by atoms with E-state index in [0.717, 1.165) is 19.4 Å². The van der Waals surface area contributed by atoms with Crippen molar-refractivity contribution in [2.75, 3.05) is 19.7 Å². The summed E-state index contributed by atoms with van der Waals surface area (Å²) in [6.45, 7) is 3.96. The van der Waals surface area contributed by atoms with Gasteiger partial charge >= 0.3 is 0 Å². The standard InChI is InChI=1S/C13H16Cl2N2O2/c1-2-17(8-10-4-3-5-19-10)13(18)9-6-11(14)12(15)16-7-9/h6-7,10H,2-5,8H2,1H3. The molecule has 1 fully saturated rings. The number of halogens is 2. The van der Waals surface area contributed by atoms with Gasteiger partial charge in [-0.05, 0) is 25.8 Å². The molecule has 104 valence electrons. The number of amides is 1. The molecule has 6 heteroatoms. The van der Waals surface area contributed by atoms with Crippen molar-refractivity contribution < 1.29 is 9.53 Å². The van der Waals surface area contributed by atoms with Gasteiger partial charge in [0.05, 0.1) is 16.7 Å². The Bertz CT molecular complexity index is 462. The van der Waals surface area contributed by atoms with E-state index >= 15 is 0 Å². The summed E-state index contributed by atoms with van der Waals surface area (Å²) in [7, 11) is 0. The minimum Gasteiger partial charge on any atom is -0.376 e. The van der Waals surface area contributed by atoms with Crippen LogP contribution in [0.5, 0.6) is 0 Å². The lowest BCUT2D eigenvalue weighted by atomic mass is 10.2. The van der Waals surface area contributed by atoms with E-state index in [1.54, 1.807) is 11.0 Å². The average molecular weight is 303 g/mol. The molecule has 1 aliphatic rings. The topological polar surface area (TPSA) is 42.4 Å². The Balaban J connectivity index is 2.08. The Morgan fingerprint density at radius 2 is 2.37 bits per heavy atom. The van der Waals surface area contributed by atoms with Crippen molar-refractivity contribution in [3.63, 3.8) is 0 Å². The summed E-state index contributed by atoms with van der Waals surface area (Å²) in [5.41, 5.74) is 0.453. The van der Waals surface area contributed by atoms with Crippen LogP contribution in [0.3, 0.4) is 0 Å². The molecule has 1 aromatic rings. The maximum Gasteiger partial charge on any atom is 0.255 e. The number of hydrogen-bond acceptors (Lipinski definition) is 3. The SMILES string of the molecule is CCN(CC1CCCO1)C(=O)c1cnc(Cl)c(Cl)c1. The highest BCUT2D eigenvalue weighted by Crippen LogP contribution is 2.21. The van der Waals surface area contributed by atoms with E-state index in [-0.39, 0.29) is 17.2 Å². The summed E-state index contributed by atoms with van der Waals surface area (Å²) in [5.74, 6) is -0.0935. The van der Waals surface area contributed by atoms with Crippen LogP contribution < -0.4 is 0 Å². The summed E-state index contributed by atoms with van der Waals surface area (Å²) in [4.78, 5) is 18.0. The number of carbonyl (C=O) groups is 1. The van der Waals surface area contributed by atoms with Crippen LogP contribution in [0.1, 0.15) is 30.1 Å². The second-order valence-corrected chi connectivity index (χ2v) is 5.24. The summed E-state index contributed by atoms with van der Waals surface area (Å²) < 4.78 is 5.56. The molecule has 1 aliphatic heterocycles. The Morgan fingerprint density at radius 1 is 1.58 bits per heavy atom. The second-order valence-electron chi connectivity index (χ2n) is 4.48. The largest absolute Gasteiger partial charge is 0.376 e. The fraction of sp³-hybridized carbons (Fsp3) is 0.538. The molecule has 1 atom stereocenters. The molecule has 2 rings (SSSR count). The van der Waals surface area contributed by atoms with Gasteiger partial charge in [-0.1, -0.05) is 23.2 Å². The Kier molecular flexibility index (Phi) is 5.02. The van der Waals surface area contributed by atoms with Gasteiger partial charge in [-0.3, -0.25) is 4.79 Å². The number of nitrogens with zero attached hydrogens (tertiary/aromatic N) is 2. The van der Waals surface area contributed by atoms with E-state index in [2.05, 4.69) is 4.98 Å². The average Bonchev–Trinajstić information content (AvgIpc) is 2.91. The lowest BCUT2D eigenvalue weighted by Crippen LogP contribution is -2.37. The molecule has 0 radical (unpaired) electrons. The molecule has 4 nitrogen and oxygen atoms in total. The van der Waals surface area contributed by atoms with Gasteiger partial charge < -0.3 is 9.64 Å². The van der Waals surface area contributed by atoms with Crippen LogP contribution in [-0.2, 0) is 4.74 Å². The van der Waals surface area contributed by atoms with Crippen molar-refractivity contribution >= 4 is 29.1 Å².